The standard InChI is InChI=1S/C10H12N2S/c1-6(2)7-4-3-5-8-9(7)12-10(13)11-8/h3-6H,1-2H3,(H2,11,12,13). The van der Waals surface area contributed by atoms with Gasteiger partial charge in [0, 0.05) is 0 Å². The molecule has 0 bridgehead atoms. The zero-order valence-electron chi connectivity index (χ0n) is 7.70. The molecule has 13 heavy (non-hydrogen) atoms. The molecule has 2 aromatic rings. The summed E-state index contributed by atoms with van der Waals surface area (Å²) in [6.07, 6.45) is 0. The van der Waals surface area contributed by atoms with Crippen LogP contribution >= 0.6 is 12.6 Å². The Balaban J connectivity index is 2.75. The lowest BCUT2D eigenvalue weighted by atomic mass is 10.0. The highest BCUT2D eigenvalue weighted by Crippen LogP contribution is 2.23. The van der Waals surface area contributed by atoms with Gasteiger partial charge < -0.3 is 4.98 Å². The molecule has 0 atom stereocenters. The first kappa shape index (κ1) is 8.63. The summed E-state index contributed by atoms with van der Waals surface area (Å²) in [5, 5.41) is 0.683. The van der Waals surface area contributed by atoms with Gasteiger partial charge in [-0.1, -0.05) is 26.0 Å². The van der Waals surface area contributed by atoms with Gasteiger partial charge in [-0.3, -0.25) is 0 Å². The van der Waals surface area contributed by atoms with Crippen LogP contribution in [-0.4, -0.2) is 9.97 Å². The Morgan fingerprint density at radius 1 is 1.38 bits per heavy atom. The van der Waals surface area contributed by atoms with Gasteiger partial charge in [-0.2, -0.15) is 0 Å². The summed E-state index contributed by atoms with van der Waals surface area (Å²) in [7, 11) is 0. The average Bonchev–Trinajstić information content (AvgIpc) is 2.43. The number of fused-ring (bicyclic) bond motifs is 1. The van der Waals surface area contributed by atoms with Gasteiger partial charge in [-0.15, -0.1) is 12.6 Å². The zero-order chi connectivity index (χ0) is 9.42. The molecule has 0 aliphatic rings. The van der Waals surface area contributed by atoms with Crippen molar-refractivity contribution in [3.63, 3.8) is 0 Å². The van der Waals surface area contributed by atoms with Crippen LogP contribution in [0.25, 0.3) is 11.0 Å². The zero-order valence-corrected chi connectivity index (χ0v) is 8.60. The smallest absolute Gasteiger partial charge is 0.163 e. The Labute approximate surface area is 82.8 Å². The second-order valence-electron chi connectivity index (χ2n) is 3.46. The molecule has 0 saturated heterocycles. The third kappa shape index (κ3) is 1.44. The fourth-order valence-electron chi connectivity index (χ4n) is 1.51. The Morgan fingerprint density at radius 2 is 2.15 bits per heavy atom. The summed E-state index contributed by atoms with van der Waals surface area (Å²) < 4.78 is 0. The number of imidazole rings is 1. The van der Waals surface area contributed by atoms with E-state index in [0.717, 1.165) is 11.0 Å². The largest absolute Gasteiger partial charge is 0.333 e. The van der Waals surface area contributed by atoms with Gasteiger partial charge in [0.05, 0.1) is 11.0 Å². The Bertz CT molecular complexity index is 431. The highest BCUT2D eigenvalue weighted by molar-refractivity contribution is 7.80. The molecule has 0 saturated carbocycles. The quantitative estimate of drug-likeness (QED) is 0.668. The van der Waals surface area contributed by atoms with Crippen LogP contribution in [0.2, 0.25) is 0 Å². The summed E-state index contributed by atoms with van der Waals surface area (Å²) in [5.41, 5.74) is 3.38. The molecule has 0 aliphatic carbocycles. The number of para-hydroxylation sites is 1. The number of nitrogens with zero attached hydrogens (tertiary/aromatic N) is 1. The molecule has 0 spiro atoms. The molecule has 1 aromatic heterocycles. The molecular formula is C10H12N2S. The number of nitrogens with one attached hydrogen (secondary N) is 1. The molecule has 2 nitrogen and oxygen atoms in total. The minimum atomic E-state index is 0.500. The lowest BCUT2D eigenvalue weighted by Gasteiger charge is -2.04. The molecular weight excluding hydrogens is 180 g/mol. The van der Waals surface area contributed by atoms with Crippen molar-refractivity contribution in [2.24, 2.45) is 0 Å². The minimum absolute atomic E-state index is 0.500. The van der Waals surface area contributed by atoms with Crippen LogP contribution in [0, 0.1) is 0 Å². The number of hydrogen-bond donors (Lipinski definition) is 2. The number of thiol groups is 1. The summed E-state index contributed by atoms with van der Waals surface area (Å²) >= 11 is 4.19. The van der Waals surface area contributed by atoms with E-state index in [0.29, 0.717) is 11.1 Å². The van der Waals surface area contributed by atoms with Gasteiger partial charge in [0.1, 0.15) is 0 Å². The van der Waals surface area contributed by atoms with Crippen molar-refractivity contribution >= 4 is 23.7 Å². The highest BCUT2D eigenvalue weighted by atomic mass is 32.1. The van der Waals surface area contributed by atoms with Gasteiger partial charge in [0.15, 0.2) is 5.16 Å². The predicted molar refractivity (Wildman–Crippen MR) is 57.4 cm³/mol. The molecule has 1 aromatic carbocycles. The number of H-pyrrole nitrogens is 1. The Hall–Kier alpha value is -0.960. The highest BCUT2D eigenvalue weighted by Gasteiger charge is 2.07. The van der Waals surface area contributed by atoms with E-state index in [1.165, 1.54) is 5.56 Å². The van der Waals surface area contributed by atoms with E-state index in [9.17, 15) is 0 Å². The number of hydrogen-bond acceptors (Lipinski definition) is 2. The number of benzene rings is 1. The fourth-order valence-corrected chi connectivity index (χ4v) is 1.73. The van der Waals surface area contributed by atoms with Crippen molar-refractivity contribution in [3.05, 3.63) is 23.8 Å². The van der Waals surface area contributed by atoms with Gasteiger partial charge in [0.2, 0.25) is 0 Å². The lowest BCUT2D eigenvalue weighted by Crippen LogP contribution is -1.88. The van der Waals surface area contributed by atoms with E-state index in [-0.39, 0.29) is 0 Å². The normalized spacial score (nSPS) is 11.4. The Kier molecular flexibility index (Phi) is 2.04. The van der Waals surface area contributed by atoms with E-state index in [1.54, 1.807) is 0 Å². The molecule has 1 N–H and O–H groups in total. The molecule has 3 heteroatoms. The van der Waals surface area contributed by atoms with Gasteiger partial charge in [-0.25, -0.2) is 4.98 Å². The number of aromatic amines is 1. The van der Waals surface area contributed by atoms with Crippen molar-refractivity contribution in [3.8, 4) is 0 Å². The third-order valence-electron chi connectivity index (χ3n) is 2.15. The third-order valence-corrected chi connectivity index (χ3v) is 2.37. The van der Waals surface area contributed by atoms with Crippen LogP contribution in [0.4, 0.5) is 0 Å². The van der Waals surface area contributed by atoms with E-state index < -0.39 is 0 Å². The summed E-state index contributed by atoms with van der Waals surface area (Å²) in [6.45, 7) is 4.34. The maximum Gasteiger partial charge on any atom is 0.163 e. The van der Waals surface area contributed by atoms with Gasteiger partial charge in [0.25, 0.3) is 0 Å². The van der Waals surface area contributed by atoms with Crippen molar-refractivity contribution in [2.45, 2.75) is 24.9 Å². The van der Waals surface area contributed by atoms with E-state index in [4.69, 9.17) is 0 Å². The molecule has 0 aliphatic heterocycles. The molecule has 0 unspecified atom stereocenters. The van der Waals surface area contributed by atoms with Crippen LogP contribution in [0.5, 0.6) is 0 Å². The summed E-state index contributed by atoms with van der Waals surface area (Å²) in [4.78, 5) is 7.45. The van der Waals surface area contributed by atoms with Crippen LogP contribution < -0.4 is 0 Å². The second kappa shape index (κ2) is 3.07. The predicted octanol–water partition coefficient (Wildman–Crippen LogP) is 2.98. The van der Waals surface area contributed by atoms with Crippen LogP contribution in [-0.2, 0) is 0 Å². The molecule has 0 radical (unpaired) electrons. The van der Waals surface area contributed by atoms with Crippen molar-refractivity contribution < 1.29 is 0 Å². The Morgan fingerprint density at radius 3 is 2.85 bits per heavy atom. The van der Waals surface area contributed by atoms with Crippen LogP contribution in [0.15, 0.2) is 23.4 Å². The van der Waals surface area contributed by atoms with Crippen molar-refractivity contribution in [1.82, 2.24) is 9.97 Å². The van der Waals surface area contributed by atoms with Gasteiger partial charge in [-0.05, 0) is 17.5 Å². The monoisotopic (exact) mass is 192 g/mol. The number of aromatic nitrogens is 2. The van der Waals surface area contributed by atoms with Crippen LogP contribution in [0.3, 0.4) is 0 Å². The van der Waals surface area contributed by atoms with E-state index in [1.807, 2.05) is 12.1 Å². The summed E-state index contributed by atoms with van der Waals surface area (Å²) in [6, 6.07) is 6.18. The lowest BCUT2D eigenvalue weighted by molar-refractivity contribution is 0.872. The van der Waals surface area contributed by atoms with E-state index in [2.05, 4.69) is 42.5 Å². The first-order valence-corrected chi connectivity index (χ1v) is 4.81. The summed E-state index contributed by atoms with van der Waals surface area (Å²) in [5.74, 6) is 0.500. The maximum absolute atomic E-state index is 4.34. The minimum Gasteiger partial charge on any atom is -0.333 e. The molecule has 68 valence electrons. The fraction of sp³-hybridized carbons (Fsp3) is 0.300. The topological polar surface area (TPSA) is 28.7 Å². The average molecular weight is 192 g/mol. The first-order chi connectivity index (χ1) is 6.18. The number of rotatable bonds is 1. The molecule has 0 amide bonds. The first-order valence-electron chi connectivity index (χ1n) is 4.36. The molecule has 1 heterocycles. The maximum atomic E-state index is 4.34. The van der Waals surface area contributed by atoms with Crippen molar-refractivity contribution in [2.75, 3.05) is 0 Å². The van der Waals surface area contributed by atoms with Crippen molar-refractivity contribution in [1.29, 1.82) is 0 Å². The SMILES string of the molecule is CC(C)c1cccc2[nH]c(S)nc12. The molecule has 0 fully saturated rings. The van der Waals surface area contributed by atoms with E-state index >= 15 is 0 Å². The molecule has 2 rings (SSSR count). The second-order valence-corrected chi connectivity index (χ2v) is 3.88. The van der Waals surface area contributed by atoms with Crippen LogP contribution in [0.1, 0.15) is 25.3 Å². The van der Waals surface area contributed by atoms with Gasteiger partial charge >= 0.3 is 0 Å².